The molecule has 0 bridgehead atoms. The minimum atomic E-state index is 0.757. The van der Waals surface area contributed by atoms with Crippen LogP contribution in [0.5, 0.6) is 0 Å². The molecule has 2 fully saturated rings. The first-order valence-electron chi connectivity index (χ1n) is 9.46. The summed E-state index contributed by atoms with van der Waals surface area (Å²) in [5.74, 6) is 2.74. The molecule has 0 unspecified atom stereocenters. The van der Waals surface area contributed by atoms with E-state index in [1.54, 1.807) is 0 Å². The maximum Gasteiger partial charge on any atom is 0.161 e. The van der Waals surface area contributed by atoms with E-state index in [0.717, 1.165) is 65.9 Å². The van der Waals surface area contributed by atoms with E-state index in [1.807, 2.05) is 49.9 Å². The van der Waals surface area contributed by atoms with E-state index in [4.69, 9.17) is 20.4 Å². The van der Waals surface area contributed by atoms with Gasteiger partial charge in [0.15, 0.2) is 5.82 Å². The van der Waals surface area contributed by atoms with Crippen LogP contribution in [0.15, 0.2) is 30.3 Å². The summed E-state index contributed by atoms with van der Waals surface area (Å²) in [6.07, 6.45) is 2.69. The first-order chi connectivity index (χ1) is 12.8. The number of nitrogens with zero attached hydrogens (tertiary/aromatic N) is 3. The van der Waals surface area contributed by atoms with Gasteiger partial charge in [-0.3, -0.25) is 0 Å². The van der Waals surface area contributed by atoms with Crippen LogP contribution >= 0.6 is 11.8 Å². The van der Waals surface area contributed by atoms with Gasteiger partial charge in [0.25, 0.3) is 0 Å². The van der Waals surface area contributed by atoms with Crippen molar-refractivity contribution in [2.45, 2.75) is 37.7 Å². The largest absolute Gasteiger partial charge is 0.399 e. The molecule has 2 N–H and O–H groups in total. The monoisotopic (exact) mass is 372 g/mol. The number of nitrogen functional groups attached to an aromatic ring is 1. The van der Waals surface area contributed by atoms with Crippen LogP contribution in [-0.4, -0.2) is 41.5 Å². The smallest absolute Gasteiger partial charge is 0.161 e. The van der Waals surface area contributed by atoms with E-state index in [0.29, 0.717) is 0 Å². The van der Waals surface area contributed by atoms with E-state index in [2.05, 4.69) is 11.0 Å². The molecule has 1 saturated carbocycles. The number of hydrogen-bond donors (Lipinski definition) is 1. The average Bonchev–Trinajstić information content (AvgIpc) is 3.53. The van der Waals surface area contributed by atoms with Crippen molar-refractivity contribution in [3.63, 3.8) is 0 Å². The second-order valence-electron chi connectivity index (χ2n) is 6.27. The molecule has 2 aliphatic rings. The summed E-state index contributed by atoms with van der Waals surface area (Å²) in [5.41, 5.74) is 8.68. The molecule has 1 aromatic heterocycles. The van der Waals surface area contributed by atoms with Crippen LogP contribution in [0.3, 0.4) is 0 Å². The summed E-state index contributed by atoms with van der Waals surface area (Å²) in [5, 5.41) is 0.826. The number of morpholine rings is 1. The van der Waals surface area contributed by atoms with Crippen molar-refractivity contribution < 1.29 is 4.74 Å². The average molecular weight is 373 g/mol. The fraction of sp³-hybridized carbons (Fsp3) is 0.500. The molecule has 2 heterocycles. The molecule has 1 saturated heterocycles. The molecule has 1 aromatic carbocycles. The highest BCUT2D eigenvalue weighted by Gasteiger charge is 2.22. The molecule has 26 heavy (non-hydrogen) atoms. The van der Waals surface area contributed by atoms with Crippen molar-refractivity contribution in [1.82, 2.24) is 9.97 Å². The van der Waals surface area contributed by atoms with Crippen LogP contribution < -0.4 is 10.6 Å². The quantitative estimate of drug-likeness (QED) is 0.801. The van der Waals surface area contributed by atoms with Crippen molar-refractivity contribution >= 4 is 23.3 Å². The van der Waals surface area contributed by atoms with Crippen molar-refractivity contribution in [2.24, 2.45) is 0 Å². The SMILES string of the molecule is CC.Nc1ccc(-c2nc(CSC3CC3)cc(N3CCOCC3)n2)cc1. The second kappa shape index (κ2) is 9.24. The first-order valence-corrected chi connectivity index (χ1v) is 10.5. The van der Waals surface area contributed by atoms with Crippen molar-refractivity contribution in [3.05, 3.63) is 36.0 Å². The van der Waals surface area contributed by atoms with Gasteiger partial charge in [-0.2, -0.15) is 11.8 Å². The highest BCUT2D eigenvalue weighted by atomic mass is 32.2. The maximum absolute atomic E-state index is 5.80. The highest BCUT2D eigenvalue weighted by Crippen LogP contribution is 2.36. The third-order valence-electron chi connectivity index (χ3n) is 4.26. The van der Waals surface area contributed by atoms with Crippen LogP contribution in [0.2, 0.25) is 0 Å². The van der Waals surface area contributed by atoms with Crippen molar-refractivity contribution in [2.75, 3.05) is 36.9 Å². The molecule has 4 rings (SSSR count). The van der Waals surface area contributed by atoms with Gasteiger partial charge in [-0.25, -0.2) is 9.97 Å². The molecule has 2 aromatic rings. The third-order valence-corrected chi connectivity index (χ3v) is 5.67. The number of ether oxygens (including phenoxy) is 1. The van der Waals surface area contributed by atoms with Crippen LogP contribution in [0.1, 0.15) is 32.4 Å². The van der Waals surface area contributed by atoms with Gasteiger partial charge in [0.2, 0.25) is 0 Å². The number of hydrogen-bond acceptors (Lipinski definition) is 6. The zero-order valence-corrected chi connectivity index (χ0v) is 16.5. The van der Waals surface area contributed by atoms with Gasteiger partial charge in [0, 0.05) is 41.4 Å². The lowest BCUT2D eigenvalue weighted by Gasteiger charge is -2.28. The fourth-order valence-corrected chi connectivity index (χ4v) is 3.73. The van der Waals surface area contributed by atoms with Crippen LogP contribution in [0, 0.1) is 0 Å². The van der Waals surface area contributed by atoms with Crippen molar-refractivity contribution in [3.8, 4) is 11.4 Å². The van der Waals surface area contributed by atoms with Gasteiger partial charge < -0.3 is 15.4 Å². The zero-order chi connectivity index (χ0) is 18.4. The normalized spacial score (nSPS) is 16.8. The molecule has 0 amide bonds. The predicted octanol–water partition coefficient (Wildman–Crippen LogP) is 3.98. The number of nitrogens with two attached hydrogens (primary N) is 1. The molecular formula is C20H28N4OS. The summed E-state index contributed by atoms with van der Waals surface area (Å²) in [6.45, 7) is 7.28. The number of thioether (sulfide) groups is 1. The minimum Gasteiger partial charge on any atom is -0.399 e. The third kappa shape index (κ3) is 5.11. The highest BCUT2D eigenvalue weighted by molar-refractivity contribution is 7.99. The number of benzene rings is 1. The fourth-order valence-electron chi connectivity index (χ4n) is 2.71. The molecular weight excluding hydrogens is 344 g/mol. The van der Waals surface area contributed by atoms with E-state index in [1.165, 1.54) is 12.8 Å². The van der Waals surface area contributed by atoms with Crippen molar-refractivity contribution in [1.29, 1.82) is 0 Å². The Balaban J connectivity index is 0.000000948. The Morgan fingerprint density at radius 2 is 1.81 bits per heavy atom. The molecule has 0 radical (unpaired) electrons. The number of anilines is 2. The van der Waals surface area contributed by atoms with Crippen LogP contribution in [0.4, 0.5) is 11.5 Å². The molecule has 140 valence electrons. The maximum atomic E-state index is 5.80. The Labute approximate surface area is 160 Å². The van der Waals surface area contributed by atoms with Gasteiger partial charge >= 0.3 is 0 Å². The van der Waals surface area contributed by atoms with Gasteiger partial charge in [-0.15, -0.1) is 0 Å². The van der Waals surface area contributed by atoms with Gasteiger partial charge in [-0.1, -0.05) is 13.8 Å². The van der Waals surface area contributed by atoms with Gasteiger partial charge in [-0.05, 0) is 37.1 Å². The second-order valence-corrected chi connectivity index (χ2v) is 7.56. The van der Waals surface area contributed by atoms with Gasteiger partial charge in [0.1, 0.15) is 5.82 Å². The Hall–Kier alpha value is -1.79. The standard InChI is InChI=1S/C18H22N4OS.C2H6/c19-14-3-1-13(2-4-14)18-20-15(12-24-16-5-6-16)11-17(21-18)22-7-9-23-10-8-22;1-2/h1-4,11,16H,5-10,12,19H2;1-2H3. The van der Waals surface area contributed by atoms with E-state index in [9.17, 15) is 0 Å². The van der Waals surface area contributed by atoms with E-state index >= 15 is 0 Å². The first kappa shape index (κ1) is 19.0. The lowest BCUT2D eigenvalue weighted by atomic mass is 10.2. The molecule has 6 heteroatoms. The molecule has 0 spiro atoms. The summed E-state index contributed by atoms with van der Waals surface area (Å²) < 4.78 is 5.46. The van der Waals surface area contributed by atoms with Gasteiger partial charge in [0.05, 0.1) is 18.9 Å². The Bertz CT molecular complexity index is 697. The minimum absolute atomic E-state index is 0.757. The summed E-state index contributed by atoms with van der Waals surface area (Å²) in [4.78, 5) is 11.9. The topological polar surface area (TPSA) is 64.3 Å². The Morgan fingerprint density at radius 3 is 2.46 bits per heavy atom. The number of aromatic nitrogens is 2. The molecule has 1 aliphatic carbocycles. The number of rotatable bonds is 5. The lowest BCUT2D eigenvalue weighted by Crippen LogP contribution is -2.37. The molecule has 5 nitrogen and oxygen atoms in total. The van der Waals surface area contributed by atoms with E-state index < -0.39 is 0 Å². The molecule has 1 aliphatic heterocycles. The predicted molar refractivity (Wildman–Crippen MR) is 111 cm³/mol. The lowest BCUT2D eigenvalue weighted by molar-refractivity contribution is 0.122. The molecule has 0 atom stereocenters. The summed E-state index contributed by atoms with van der Waals surface area (Å²) in [7, 11) is 0. The zero-order valence-electron chi connectivity index (χ0n) is 15.6. The Kier molecular flexibility index (Phi) is 6.74. The van der Waals surface area contributed by atoms with Crippen LogP contribution in [-0.2, 0) is 10.5 Å². The van der Waals surface area contributed by atoms with E-state index in [-0.39, 0.29) is 0 Å². The summed E-state index contributed by atoms with van der Waals surface area (Å²) >= 11 is 2.00. The van der Waals surface area contributed by atoms with Crippen LogP contribution in [0.25, 0.3) is 11.4 Å². The summed E-state index contributed by atoms with van der Waals surface area (Å²) in [6, 6.07) is 9.93. The Morgan fingerprint density at radius 1 is 1.12 bits per heavy atom.